The molecule has 6 nitrogen and oxygen atoms in total. The van der Waals surface area contributed by atoms with Gasteiger partial charge in [0.05, 0.1) is 34.5 Å². The molecule has 3 aromatic rings. The lowest BCUT2D eigenvalue weighted by Gasteiger charge is -2.37. The van der Waals surface area contributed by atoms with Crippen LogP contribution >= 0.6 is 22.9 Å². The lowest BCUT2D eigenvalue weighted by Crippen LogP contribution is -2.41. The Labute approximate surface area is 214 Å². The van der Waals surface area contributed by atoms with Crippen molar-refractivity contribution in [1.29, 1.82) is 0 Å². The summed E-state index contributed by atoms with van der Waals surface area (Å²) in [6.45, 7) is 2.17. The number of carbonyl (C=O) groups is 1. The average molecular weight is 513 g/mol. The normalized spacial score (nSPS) is 19.2. The predicted octanol–water partition coefficient (Wildman–Crippen LogP) is 5.24. The molecule has 1 aliphatic rings. The van der Waals surface area contributed by atoms with Crippen molar-refractivity contribution in [3.8, 4) is 17.6 Å². The van der Waals surface area contributed by atoms with Crippen LogP contribution in [0.25, 0.3) is 10.9 Å². The van der Waals surface area contributed by atoms with Crippen molar-refractivity contribution in [2.24, 2.45) is 11.8 Å². The molecule has 0 bridgehead atoms. The van der Waals surface area contributed by atoms with E-state index in [1.807, 2.05) is 36.4 Å². The van der Waals surface area contributed by atoms with Gasteiger partial charge in [0, 0.05) is 24.5 Å². The average Bonchev–Trinajstić information content (AvgIpc) is 3.27. The third-order valence-electron chi connectivity index (χ3n) is 6.65. The number of thiophene rings is 1. The number of benzene rings is 1. The van der Waals surface area contributed by atoms with Crippen molar-refractivity contribution >= 4 is 39.8 Å². The van der Waals surface area contributed by atoms with E-state index in [1.54, 1.807) is 13.3 Å². The summed E-state index contributed by atoms with van der Waals surface area (Å²) < 4.78 is 6.06. The SMILES string of the molecule is COc1ccc2nccc([C@@H](O)CC[C@@H]3CCN(CC#Cc4ccc(Cl)s4)C[C@@H]3CC(=O)O)c2c1. The van der Waals surface area contributed by atoms with Crippen LogP contribution in [0.3, 0.4) is 0 Å². The van der Waals surface area contributed by atoms with Crippen LogP contribution in [-0.4, -0.2) is 52.8 Å². The van der Waals surface area contributed by atoms with Gasteiger partial charge in [-0.15, -0.1) is 11.3 Å². The van der Waals surface area contributed by atoms with Gasteiger partial charge in [0.1, 0.15) is 5.75 Å². The maximum absolute atomic E-state index is 11.6. The first-order valence-electron chi connectivity index (χ1n) is 11.7. The van der Waals surface area contributed by atoms with E-state index in [2.05, 4.69) is 21.7 Å². The van der Waals surface area contributed by atoms with Gasteiger partial charge in [-0.3, -0.25) is 14.7 Å². The number of nitrogens with zero attached hydrogens (tertiary/aromatic N) is 2. The van der Waals surface area contributed by atoms with Gasteiger partial charge in [-0.2, -0.15) is 0 Å². The third kappa shape index (κ3) is 6.74. The molecular weight excluding hydrogens is 484 g/mol. The summed E-state index contributed by atoms with van der Waals surface area (Å²) in [5.41, 5.74) is 1.63. The lowest BCUT2D eigenvalue weighted by molar-refractivity contribution is -0.139. The third-order valence-corrected chi connectivity index (χ3v) is 7.80. The van der Waals surface area contributed by atoms with Gasteiger partial charge in [0.2, 0.25) is 0 Å². The van der Waals surface area contributed by atoms with E-state index in [9.17, 15) is 15.0 Å². The van der Waals surface area contributed by atoms with Crippen LogP contribution in [0.5, 0.6) is 5.75 Å². The number of halogens is 1. The second-order valence-corrected chi connectivity index (χ2v) is 10.6. The topological polar surface area (TPSA) is 82.9 Å². The largest absolute Gasteiger partial charge is 0.497 e. The number of aromatic nitrogens is 1. The van der Waals surface area contributed by atoms with Crippen LogP contribution in [0.1, 0.15) is 42.2 Å². The van der Waals surface area contributed by atoms with Crippen LogP contribution in [0.4, 0.5) is 0 Å². The number of methoxy groups -OCH3 is 1. The van der Waals surface area contributed by atoms with Crippen molar-refractivity contribution in [1.82, 2.24) is 9.88 Å². The van der Waals surface area contributed by atoms with Gasteiger partial charge in [0.15, 0.2) is 0 Å². The molecule has 1 fully saturated rings. The summed E-state index contributed by atoms with van der Waals surface area (Å²) in [7, 11) is 1.62. The number of carboxylic acid groups (broad SMARTS) is 1. The van der Waals surface area contributed by atoms with E-state index in [1.165, 1.54) is 11.3 Å². The molecule has 1 aliphatic heterocycles. The Morgan fingerprint density at radius 3 is 2.91 bits per heavy atom. The molecule has 0 amide bonds. The highest BCUT2D eigenvalue weighted by Crippen LogP contribution is 2.34. The Kier molecular flexibility index (Phi) is 8.64. The number of piperidine rings is 1. The van der Waals surface area contributed by atoms with Crippen molar-refractivity contribution in [2.75, 3.05) is 26.7 Å². The van der Waals surface area contributed by atoms with Gasteiger partial charge >= 0.3 is 5.97 Å². The number of rotatable bonds is 8. The summed E-state index contributed by atoms with van der Waals surface area (Å²) in [4.78, 5) is 19.1. The number of hydrogen-bond donors (Lipinski definition) is 2. The maximum atomic E-state index is 11.6. The maximum Gasteiger partial charge on any atom is 0.303 e. The van der Waals surface area contributed by atoms with E-state index in [4.69, 9.17) is 16.3 Å². The first-order valence-corrected chi connectivity index (χ1v) is 12.9. The molecule has 1 aromatic carbocycles. The number of likely N-dealkylation sites (tertiary alicyclic amines) is 1. The standard InChI is InChI=1S/C27H29ClN2O4S/c1-34-20-5-7-24-23(16-20)22(10-12-29-24)25(31)8-4-18-11-14-30(17-19(18)15-27(32)33)13-2-3-21-6-9-26(28)35-21/h5-7,9-10,12,16,18-19,25,31H,4,8,11,13-15,17H2,1H3,(H,32,33)/t18-,19+,25+/m1/s1. The monoisotopic (exact) mass is 512 g/mol. The second-order valence-electron chi connectivity index (χ2n) is 8.92. The fourth-order valence-corrected chi connectivity index (χ4v) is 5.76. The number of fused-ring (bicyclic) bond motifs is 1. The molecule has 3 atom stereocenters. The molecule has 0 radical (unpaired) electrons. The molecular formula is C27H29ClN2O4S. The Morgan fingerprint density at radius 2 is 2.17 bits per heavy atom. The predicted molar refractivity (Wildman–Crippen MR) is 139 cm³/mol. The summed E-state index contributed by atoms with van der Waals surface area (Å²) in [6.07, 6.45) is 3.41. The van der Waals surface area contributed by atoms with E-state index in [0.717, 1.165) is 50.8 Å². The van der Waals surface area contributed by atoms with E-state index >= 15 is 0 Å². The van der Waals surface area contributed by atoms with Crippen LogP contribution in [-0.2, 0) is 4.79 Å². The van der Waals surface area contributed by atoms with Gasteiger partial charge in [-0.1, -0.05) is 23.4 Å². The molecule has 2 aromatic heterocycles. The van der Waals surface area contributed by atoms with Crippen LogP contribution in [0.2, 0.25) is 4.34 Å². The first kappa shape index (κ1) is 25.5. The Balaban J connectivity index is 1.39. The molecule has 3 heterocycles. The molecule has 0 unspecified atom stereocenters. The van der Waals surface area contributed by atoms with Gasteiger partial charge in [-0.05, 0) is 79.6 Å². The minimum absolute atomic E-state index is 0.0284. The molecule has 4 rings (SSSR count). The summed E-state index contributed by atoms with van der Waals surface area (Å²) in [6, 6.07) is 11.2. The van der Waals surface area contributed by atoms with Crippen molar-refractivity contribution < 1.29 is 19.7 Å². The quantitative estimate of drug-likeness (QED) is 0.402. The first-order chi connectivity index (χ1) is 16.9. The van der Waals surface area contributed by atoms with E-state index in [0.29, 0.717) is 19.5 Å². The van der Waals surface area contributed by atoms with Crippen LogP contribution in [0.15, 0.2) is 42.6 Å². The number of hydrogen-bond acceptors (Lipinski definition) is 6. The van der Waals surface area contributed by atoms with Gasteiger partial charge < -0.3 is 14.9 Å². The number of aliphatic hydroxyl groups is 1. The van der Waals surface area contributed by atoms with Gasteiger partial charge in [0.25, 0.3) is 0 Å². The van der Waals surface area contributed by atoms with Crippen LogP contribution < -0.4 is 4.74 Å². The summed E-state index contributed by atoms with van der Waals surface area (Å²) in [5.74, 6) is 6.54. The number of carboxylic acids is 1. The second kappa shape index (κ2) is 11.9. The van der Waals surface area contributed by atoms with Crippen molar-refractivity contribution in [3.63, 3.8) is 0 Å². The zero-order valence-corrected chi connectivity index (χ0v) is 21.2. The van der Waals surface area contributed by atoms with Crippen molar-refractivity contribution in [3.05, 3.63) is 57.4 Å². The van der Waals surface area contributed by atoms with Gasteiger partial charge in [-0.25, -0.2) is 0 Å². The number of aliphatic hydroxyl groups excluding tert-OH is 1. The molecule has 8 heteroatoms. The highest BCUT2D eigenvalue weighted by Gasteiger charge is 2.31. The molecule has 0 aliphatic carbocycles. The zero-order chi connectivity index (χ0) is 24.8. The number of ether oxygens (including phenoxy) is 1. The van der Waals surface area contributed by atoms with Crippen LogP contribution in [0, 0.1) is 23.7 Å². The Bertz CT molecular complexity index is 1230. The molecule has 0 spiro atoms. The fraction of sp³-hybridized carbons (Fsp3) is 0.407. The van der Waals surface area contributed by atoms with Crippen molar-refractivity contribution in [2.45, 2.75) is 31.8 Å². The molecule has 1 saturated heterocycles. The summed E-state index contributed by atoms with van der Waals surface area (Å²) >= 11 is 7.42. The highest BCUT2D eigenvalue weighted by atomic mass is 35.5. The van der Waals surface area contributed by atoms with E-state index < -0.39 is 12.1 Å². The zero-order valence-electron chi connectivity index (χ0n) is 19.6. The molecule has 2 N–H and O–H groups in total. The molecule has 35 heavy (non-hydrogen) atoms. The minimum Gasteiger partial charge on any atom is -0.497 e. The molecule has 184 valence electrons. The van der Waals surface area contributed by atoms with E-state index in [-0.39, 0.29) is 18.3 Å². The minimum atomic E-state index is -0.783. The highest BCUT2D eigenvalue weighted by molar-refractivity contribution is 7.16. The Morgan fingerprint density at radius 1 is 1.31 bits per heavy atom. The lowest BCUT2D eigenvalue weighted by atomic mass is 9.79. The smallest absolute Gasteiger partial charge is 0.303 e. The fourth-order valence-electron chi connectivity index (χ4n) is 4.85. The molecule has 0 saturated carbocycles. The number of aliphatic carboxylic acids is 1. The summed E-state index contributed by atoms with van der Waals surface area (Å²) in [5, 5.41) is 21.4. The number of pyridine rings is 1. The Hall–Kier alpha value is -2.63.